The fourth-order valence-electron chi connectivity index (χ4n) is 10.2. The van der Waals surface area contributed by atoms with Gasteiger partial charge >= 0.3 is 0 Å². The minimum atomic E-state index is -0.279. The molecular weight excluding hydrogens is 849 g/mol. The van der Waals surface area contributed by atoms with Crippen molar-refractivity contribution in [2.24, 2.45) is 11.3 Å². The van der Waals surface area contributed by atoms with Crippen molar-refractivity contribution in [3.8, 4) is 55.9 Å². The summed E-state index contributed by atoms with van der Waals surface area (Å²) in [5.74, 6) is 2.04. The first kappa shape index (κ1) is 46.1. The monoisotopic (exact) mass is 913 g/mol. The molecule has 3 nitrogen and oxygen atoms in total. The Balaban J connectivity index is 1.00. The van der Waals surface area contributed by atoms with Crippen LogP contribution < -0.4 is 9.64 Å². The SMILES string of the molecule is CC(C)CC(c1ccc(-c2ccc(-c3ccc4c(c3)c3cc(-c5ccc(N(c6ccccc6)c6ccc(-c7ccccc7)cc6)cc5)ccc3n4-c3ccc(OC(C)(C)C)cc3)cc2)cc1)C(C)(C)C. The molecule has 0 N–H and O–H groups in total. The Morgan fingerprint density at radius 2 is 0.800 bits per heavy atom. The van der Waals surface area contributed by atoms with E-state index in [4.69, 9.17) is 4.74 Å². The molecule has 0 aliphatic rings. The van der Waals surface area contributed by atoms with E-state index in [1.165, 1.54) is 61.7 Å². The summed E-state index contributed by atoms with van der Waals surface area (Å²) in [6.07, 6.45) is 1.19. The van der Waals surface area contributed by atoms with Crippen LogP contribution in [0.2, 0.25) is 0 Å². The van der Waals surface area contributed by atoms with Crippen molar-refractivity contribution in [3.05, 3.63) is 224 Å². The van der Waals surface area contributed by atoms with Gasteiger partial charge in [-0.2, -0.15) is 0 Å². The average Bonchev–Trinajstić information content (AvgIpc) is 3.69. The highest BCUT2D eigenvalue weighted by atomic mass is 16.5. The molecule has 0 amide bonds. The lowest BCUT2D eigenvalue weighted by atomic mass is 9.72. The van der Waals surface area contributed by atoms with Gasteiger partial charge in [0.15, 0.2) is 0 Å². The molecule has 10 rings (SSSR count). The average molecular weight is 913 g/mol. The lowest BCUT2D eigenvalue weighted by Gasteiger charge is -2.32. The number of benzene rings is 9. The smallest absolute Gasteiger partial charge is 0.120 e. The first-order valence-electron chi connectivity index (χ1n) is 25.0. The number of rotatable bonds is 12. The number of ether oxygens (including phenoxy) is 1. The van der Waals surface area contributed by atoms with Gasteiger partial charge in [0.2, 0.25) is 0 Å². The van der Waals surface area contributed by atoms with Crippen molar-refractivity contribution in [1.82, 2.24) is 4.57 Å². The summed E-state index contributed by atoms with van der Waals surface area (Å²) in [4.78, 5) is 2.33. The van der Waals surface area contributed by atoms with Crippen LogP contribution >= 0.6 is 0 Å². The molecule has 70 heavy (non-hydrogen) atoms. The maximum Gasteiger partial charge on any atom is 0.120 e. The fraction of sp³-hybridized carbons (Fsp3) is 0.194. The van der Waals surface area contributed by atoms with Gasteiger partial charge in [-0.3, -0.25) is 0 Å². The van der Waals surface area contributed by atoms with E-state index in [9.17, 15) is 0 Å². The lowest BCUT2D eigenvalue weighted by Crippen LogP contribution is -2.22. The Bertz CT molecular complexity index is 3350. The Morgan fingerprint density at radius 1 is 0.414 bits per heavy atom. The quantitative estimate of drug-likeness (QED) is 0.122. The maximum atomic E-state index is 6.24. The number of hydrogen-bond acceptors (Lipinski definition) is 2. The fourth-order valence-corrected chi connectivity index (χ4v) is 10.2. The van der Waals surface area contributed by atoms with E-state index in [2.05, 4.69) is 283 Å². The molecule has 0 saturated heterocycles. The first-order chi connectivity index (χ1) is 33.8. The summed E-state index contributed by atoms with van der Waals surface area (Å²) in [5, 5.41) is 2.42. The molecule has 0 bridgehead atoms. The second-order valence-corrected chi connectivity index (χ2v) is 21.4. The topological polar surface area (TPSA) is 17.4 Å². The first-order valence-corrected chi connectivity index (χ1v) is 25.0. The number of hydrogen-bond donors (Lipinski definition) is 0. The summed E-state index contributed by atoms with van der Waals surface area (Å²) in [6, 6.07) is 79.8. The van der Waals surface area contributed by atoms with Gasteiger partial charge < -0.3 is 14.2 Å². The molecule has 0 radical (unpaired) electrons. The van der Waals surface area contributed by atoms with Crippen LogP contribution in [0.5, 0.6) is 5.75 Å². The molecule has 1 unspecified atom stereocenters. The predicted molar refractivity (Wildman–Crippen MR) is 299 cm³/mol. The minimum absolute atomic E-state index is 0.211. The van der Waals surface area contributed by atoms with Crippen molar-refractivity contribution < 1.29 is 4.74 Å². The van der Waals surface area contributed by atoms with Crippen LogP contribution in [-0.2, 0) is 0 Å². The third-order valence-electron chi connectivity index (χ3n) is 13.6. The van der Waals surface area contributed by atoms with E-state index >= 15 is 0 Å². The summed E-state index contributed by atoms with van der Waals surface area (Å²) in [5.41, 5.74) is 17.7. The molecule has 0 fully saturated rings. The molecule has 0 saturated carbocycles. The molecule has 1 aromatic heterocycles. The number of aromatic nitrogens is 1. The van der Waals surface area contributed by atoms with Crippen LogP contribution in [0.1, 0.15) is 73.3 Å². The van der Waals surface area contributed by atoms with E-state index in [1.807, 2.05) is 0 Å². The van der Waals surface area contributed by atoms with E-state index in [1.54, 1.807) is 0 Å². The zero-order valence-corrected chi connectivity index (χ0v) is 41.9. The highest BCUT2D eigenvalue weighted by Gasteiger charge is 2.27. The van der Waals surface area contributed by atoms with Crippen molar-refractivity contribution in [2.75, 3.05) is 4.90 Å². The van der Waals surface area contributed by atoms with Crippen LogP contribution in [0.3, 0.4) is 0 Å². The van der Waals surface area contributed by atoms with Crippen molar-refractivity contribution >= 4 is 38.9 Å². The van der Waals surface area contributed by atoms with E-state index in [0.29, 0.717) is 11.8 Å². The van der Waals surface area contributed by atoms with Gasteiger partial charge in [0.05, 0.1) is 11.0 Å². The highest BCUT2D eigenvalue weighted by Crippen LogP contribution is 2.42. The van der Waals surface area contributed by atoms with Crippen molar-refractivity contribution in [1.29, 1.82) is 0 Å². The van der Waals surface area contributed by atoms with Crippen LogP contribution in [0, 0.1) is 11.3 Å². The number of nitrogens with zero attached hydrogens (tertiary/aromatic N) is 2. The Kier molecular flexibility index (Phi) is 12.6. The molecule has 10 aromatic rings. The zero-order chi connectivity index (χ0) is 48.6. The van der Waals surface area contributed by atoms with Crippen molar-refractivity contribution in [2.45, 2.75) is 73.3 Å². The second kappa shape index (κ2) is 19.1. The molecule has 0 spiro atoms. The Labute approximate surface area is 415 Å². The summed E-state index contributed by atoms with van der Waals surface area (Å²) in [7, 11) is 0. The summed E-state index contributed by atoms with van der Waals surface area (Å²) in [6.45, 7) is 18.0. The highest BCUT2D eigenvalue weighted by molar-refractivity contribution is 6.11. The maximum absolute atomic E-state index is 6.24. The van der Waals surface area contributed by atoms with Crippen LogP contribution in [0.4, 0.5) is 17.1 Å². The van der Waals surface area contributed by atoms with Gasteiger partial charge in [-0.05, 0) is 179 Å². The van der Waals surface area contributed by atoms with Crippen LogP contribution in [0.15, 0.2) is 218 Å². The Hall–Kier alpha value is -7.62. The summed E-state index contributed by atoms with van der Waals surface area (Å²) >= 11 is 0. The number of para-hydroxylation sites is 1. The van der Waals surface area contributed by atoms with Gasteiger partial charge in [-0.15, -0.1) is 0 Å². The summed E-state index contributed by atoms with van der Waals surface area (Å²) < 4.78 is 8.63. The minimum Gasteiger partial charge on any atom is -0.488 e. The lowest BCUT2D eigenvalue weighted by molar-refractivity contribution is 0.131. The third kappa shape index (κ3) is 9.80. The predicted octanol–water partition coefficient (Wildman–Crippen LogP) is 19.3. The van der Waals surface area contributed by atoms with E-state index in [-0.39, 0.29) is 11.0 Å². The van der Waals surface area contributed by atoms with Crippen LogP contribution in [0.25, 0.3) is 72.0 Å². The zero-order valence-electron chi connectivity index (χ0n) is 41.9. The van der Waals surface area contributed by atoms with Gasteiger partial charge in [0, 0.05) is 33.5 Å². The largest absolute Gasteiger partial charge is 0.488 e. The molecule has 3 heteroatoms. The van der Waals surface area contributed by atoms with Gasteiger partial charge in [0.1, 0.15) is 11.4 Å². The molecular formula is C67H64N2O. The van der Waals surface area contributed by atoms with Gasteiger partial charge in [-0.25, -0.2) is 0 Å². The molecule has 1 heterocycles. The van der Waals surface area contributed by atoms with Crippen molar-refractivity contribution in [3.63, 3.8) is 0 Å². The standard InChI is InChI=1S/C67H64N2O/c1-46(2)43-63(66(3,4)5)53-25-23-49(24-26-53)48-19-21-51(22-20-48)54-31-41-64-61(44-54)62-45-55(32-42-65(62)69(64)59-37-39-60(40-38-59)70-67(6,7)8)52-29-35-58(36-30-52)68(56-17-13-10-14-18-56)57-33-27-50(28-34-57)47-15-11-9-12-16-47/h9-42,44-46,63H,43H2,1-8H3. The normalized spacial score (nSPS) is 12.4. The van der Waals surface area contributed by atoms with Gasteiger partial charge in [0.25, 0.3) is 0 Å². The van der Waals surface area contributed by atoms with Crippen LogP contribution in [-0.4, -0.2) is 10.2 Å². The molecule has 0 aliphatic heterocycles. The molecule has 0 aliphatic carbocycles. The Morgan fingerprint density at radius 3 is 1.24 bits per heavy atom. The van der Waals surface area contributed by atoms with E-state index < -0.39 is 0 Å². The second-order valence-electron chi connectivity index (χ2n) is 21.4. The van der Waals surface area contributed by atoms with E-state index in [0.717, 1.165) is 45.1 Å². The molecule has 9 aromatic carbocycles. The number of anilines is 3. The number of fused-ring (bicyclic) bond motifs is 3. The molecule has 348 valence electrons. The van der Waals surface area contributed by atoms with Gasteiger partial charge in [-0.1, -0.05) is 168 Å². The molecule has 1 atom stereocenters. The third-order valence-corrected chi connectivity index (χ3v) is 13.6.